The molecule has 6 heteroatoms. The first kappa shape index (κ1) is 18.7. The lowest BCUT2D eigenvalue weighted by atomic mass is 9.97. The van der Waals surface area contributed by atoms with Crippen LogP contribution < -0.4 is 5.32 Å². The first-order valence-corrected chi connectivity index (χ1v) is 6.68. The van der Waals surface area contributed by atoms with Crippen LogP contribution in [0.5, 0.6) is 0 Å². The van der Waals surface area contributed by atoms with Gasteiger partial charge in [-0.2, -0.15) is 13.2 Å². The van der Waals surface area contributed by atoms with E-state index >= 15 is 0 Å². The van der Waals surface area contributed by atoms with E-state index < -0.39 is 18.3 Å². The molecular formula is C13H27F3N2O. The maximum atomic E-state index is 12.5. The Morgan fingerprint density at radius 2 is 1.68 bits per heavy atom. The summed E-state index contributed by atoms with van der Waals surface area (Å²) in [5, 5.41) is 12.6. The molecule has 0 saturated carbocycles. The van der Waals surface area contributed by atoms with Crippen LogP contribution in [-0.4, -0.2) is 53.5 Å². The van der Waals surface area contributed by atoms with Crippen molar-refractivity contribution in [3.05, 3.63) is 0 Å². The summed E-state index contributed by atoms with van der Waals surface area (Å²) >= 11 is 0. The Morgan fingerprint density at radius 1 is 1.16 bits per heavy atom. The zero-order valence-corrected chi connectivity index (χ0v) is 12.5. The van der Waals surface area contributed by atoms with Crippen LogP contribution in [0.1, 0.15) is 41.0 Å². The average Bonchev–Trinajstić information content (AvgIpc) is 2.21. The number of rotatable bonds is 8. The Kier molecular flexibility index (Phi) is 7.32. The minimum Gasteiger partial charge on any atom is -0.394 e. The summed E-state index contributed by atoms with van der Waals surface area (Å²) in [7, 11) is 0. The number of halogens is 3. The zero-order valence-electron chi connectivity index (χ0n) is 12.5. The lowest BCUT2D eigenvalue weighted by molar-refractivity contribution is -0.150. The second kappa shape index (κ2) is 7.45. The van der Waals surface area contributed by atoms with Gasteiger partial charge in [-0.15, -0.1) is 0 Å². The molecule has 0 fully saturated rings. The second-order valence-corrected chi connectivity index (χ2v) is 5.95. The Balaban J connectivity index is 4.52. The summed E-state index contributed by atoms with van der Waals surface area (Å²) in [5.41, 5.74) is -0.549. The van der Waals surface area contributed by atoms with Gasteiger partial charge in [-0.1, -0.05) is 13.8 Å². The van der Waals surface area contributed by atoms with Crippen LogP contribution in [0.25, 0.3) is 0 Å². The van der Waals surface area contributed by atoms with Gasteiger partial charge in [-0.25, -0.2) is 0 Å². The van der Waals surface area contributed by atoms with E-state index in [4.69, 9.17) is 0 Å². The smallest absolute Gasteiger partial charge is 0.394 e. The number of hydrogen-bond donors (Lipinski definition) is 2. The lowest BCUT2D eigenvalue weighted by Crippen LogP contribution is -2.52. The monoisotopic (exact) mass is 284 g/mol. The molecule has 0 aliphatic heterocycles. The molecule has 1 unspecified atom stereocenters. The minimum absolute atomic E-state index is 0.0941. The molecule has 2 N–H and O–H groups in total. The minimum atomic E-state index is -4.19. The molecule has 19 heavy (non-hydrogen) atoms. The van der Waals surface area contributed by atoms with E-state index in [2.05, 4.69) is 5.32 Å². The van der Waals surface area contributed by atoms with Crippen LogP contribution in [0.2, 0.25) is 0 Å². The Labute approximate surface area is 114 Å². The summed E-state index contributed by atoms with van der Waals surface area (Å²) < 4.78 is 37.4. The van der Waals surface area contributed by atoms with Gasteiger partial charge in [0.1, 0.15) is 0 Å². The number of aliphatic hydroxyl groups excluding tert-OH is 1. The first-order valence-electron chi connectivity index (χ1n) is 6.68. The molecule has 0 heterocycles. The number of aliphatic hydroxyl groups is 1. The fraction of sp³-hybridized carbons (Fsp3) is 1.00. The van der Waals surface area contributed by atoms with Crippen LogP contribution >= 0.6 is 0 Å². The molecule has 0 aliphatic carbocycles. The van der Waals surface area contributed by atoms with E-state index in [-0.39, 0.29) is 18.7 Å². The van der Waals surface area contributed by atoms with Gasteiger partial charge in [0.15, 0.2) is 0 Å². The average molecular weight is 284 g/mol. The maximum absolute atomic E-state index is 12.5. The number of hydrogen-bond acceptors (Lipinski definition) is 3. The fourth-order valence-corrected chi connectivity index (χ4v) is 2.03. The van der Waals surface area contributed by atoms with Crippen LogP contribution in [0.15, 0.2) is 0 Å². The van der Waals surface area contributed by atoms with Crippen molar-refractivity contribution in [2.24, 2.45) is 0 Å². The predicted molar refractivity (Wildman–Crippen MR) is 71.1 cm³/mol. The van der Waals surface area contributed by atoms with Gasteiger partial charge in [0.2, 0.25) is 0 Å². The van der Waals surface area contributed by atoms with Crippen molar-refractivity contribution in [3.63, 3.8) is 0 Å². The molecule has 0 amide bonds. The number of alkyl halides is 3. The summed E-state index contributed by atoms with van der Waals surface area (Å²) in [5.74, 6) is 0. The maximum Gasteiger partial charge on any atom is 0.401 e. The topological polar surface area (TPSA) is 35.5 Å². The van der Waals surface area contributed by atoms with E-state index in [9.17, 15) is 18.3 Å². The van der Waals surface area contributed by atoms with Crippen molar-refractivity contribution >= 4 is 0 Å². The molecule has 0 radical (unpaired) electrons. The molecule has 0 aromatic heterocycles. The molecule has 0 spiro atoms. The SMILES string of the molecule is CC(C)NC(C)(CO)CCN(CC(F)(F)F)C(C)C. The third-order valence-corrected chi connectivity index (χ3v) is 3.05. The van der Waals surface area contributed by atoms with Gasteiger partial charge in [0.05, 0.1) is 13.2 Å². The van der Waals surface area contributed by atoms with Crippen LogP contribution in [-0.2, 0) is 0 Å². The standard InChI is InChI=1S/C13H27F3N2O/c1-10(2)17-12(5,9-19)6-7-18(11(3)4)8-13(14,15)16/h10-11,17,19H,6-9H2,1-5H3. The molecule has 0 aromatic carbocycles. The van der Waals surface area contributed by atoms with Crippen molar-refractivity contribution in [2.45, 2.75) is 64.8 Å². The molecule has 0 bridgehead atoms. The number of nitrogens with one attached hydrogen (secondary N) is 1. The van der Waals surface area contributed by atoms with Crippen LogP contribution in [0, 0.1) is 0 Å². The predicted octanol–water partition coefficient (Wildman–Crippen LogP) is 2.40. The third-order valence-electron chi connectivity index (χ3n) is 3.05. The van der Waals surface area contributed by atoms with E-state index in [1.54, 1.807) is 13.8 Å². The molecule has 0 aliphatic rings. The van der Waals surface area contributed by atoms with E-state index in [0.717, 1.165) is 0 Å². The van der Waals surface area contributed by atoms with Gasteiger partial charge >= 0.3 is 6.18 Å². The highest BCUT2D eigenvalue weighted by Crippen LogP contribution is 2.20. The quantitative estimate of drug-likeness (QED) is 0.718. The Hall–Kier alpha value is -0.330. The Morgan fingerprint density at radius 3 is 2.00 bits per heavy atom. The van der Waals surface area contributed by atoms with Crippen molar-refractivity contribution in [1.29, 1.82) is 0 Å². The van der Waals surface area contributed by atoms with Gasteiger partial charge in [-0.05, 0) is 27.2 Å². The fourth-order valence-electron chi connectivity index (χ4n) is 2.03. The number of nitrogens with zero attached hydrogens (tertiary/aromatic N) is 1. The summed E-state index contributed by atoms with van der Waals surface area (Å²) in [4.78, 5) is 1.38. The van der Waals surface area contributed by atoms with Crippen LogP contribution in [0.3, 0.4) is 0 Å². The summed E-state index contributed by atoms with van der Waals surface area (Å²) in [6.07, 6.45) is -3.72. The van der Waals surface area contributed by atoms with Gasteiger partial charge in [0.25, 0.3) is 0 Å². The second-order valence-electron chi connectivity index (χ2n) is 5.95. The van der Waals surface area contributed by atoms with Gasteiger partial charge < -0.3 is 10.4 Å². The van der Waals surface area contributed by atoms with E-state index in [1.807, 2.05) is 20.8 Å². The van der Waals surface area contributed by atoms with E-state index in [1.165, 1.54) is 4.90 Å². The lowest BCUT2D eigenvalue weighted by Gasteiger charge is -2.35. The Bertz CT molecular complexity index is 257. The summed E-state index contributed by atoms with van der Waals surface area (Å²) in [6, 6.07) is -0.00381. The van der Waals surface area contributed by atoms with E-state index in [0.29, 0.717) is 13.0 Å². The van der Waals surface area contributed by atoms with Crippen molar-refractivity contribution in [3.8, 4) is 0 Å². The molecular weight excluding hydrogens is 257 g/mol. The summed E-state index contributed by atoms with van der Waals surface area (Å²) in [6.45, 7) is 8.52. The molecule has 0 saturated heterocycles. The first-order chi connectivity index (χ1) is 8.49. The highest BCUT2D eigenvalue weighted by atomic mass is 19.4. The van der Waals surface area contributed by atoms with Crippen LogP contribution in [0.4, 0.5) is 13.2 Å². The zero-order chi connectivity index (χ0) is 15.3. The van der Waals surface area contributed by atoms with Gasteiger partial charge in [0, 0.05) is 24.2 Å². The third kappa shape index (κ3) is 8.44. The van der Waals surface area contributed by atoms with Crippen molar-refractivity contribution in [1.82, 2.24) is 10.2 Å². The molecule has 116 valence electrons. The highest BCUT2D eigenvalue weighted by Gasteiger charge is 2.33. The molecule has 3 nitrogen and oxygen atoms in total. The van der Waals surface area contributed by atoms with Crippen molar-refractivity contribution < 1.29 is 18.3 Å². The molecule has 0 rings (SSSR count). The van der Waals surface area contributed by atoms with Gasteiger partial charge in [-0.3, -0.25) is 4.90 Å². The highest BCUT2D eigenvalue weighted by molar-refractivity contribution is 4.85. The largest absolute Gasteiger partial charge is 0.401 e. The molecule has 0 aromatic rings. The molecule has 1 atom stereocenters. The normalized spacial score (nSPS) is 16.4. The van der Waals surface area contributed by atoms with Crippen molar-refractivity contribution in [2.75, 3.05) is 19.7 Å².